The summed E-state index contributed by atoms with van der Waals surface area (Å²) in [5.74, 6) is 0.0779. The molecule has 0 aromatic heterocycles. The average molecular weight is 474 g/mol. The van der Waals surface area contributed by atoms with Gasteiger partial charge in [0, 0.05) is 38.9 Å². The fourth-order valence-electron chi connectivity index (χ4n) is 4.09. The van der Waals surface area contributed by atoms with E-state index in [-0.39, 0.29) is 12.0 Å². The van der Waals surface area contributed by atoms with Gasteiger partial charge in [-0.05, 0) is 48.4 Å². The van der Waals surface area contributed by atoms with Crippen LogP contribution in [0.4, 0.5) is 5.69 Å². The van der Waals surface area contributed by atoms with Crippen LogP contribution in [0.5, 0.6) is 0 Å². The second-order valence-corrected chi connectivity index (χ2v) is 10.7. The molecule has 2 N–H and O–H groups in total. The molecule has 8 heteroatoms. The number of nitrogens with one attached hydrogen (secondary N) is 1. The van der Waals surface area contributed by atoms with Crippen molar-refractivity contribution < 1.29 is 18.3 Å². The quantitative estimate of drug-likeness (QED) is 0.487. The number of aliphatic hydroxyl groups is 1. The minimum absolute atomic E-state index is 0.0779. The third-order valence-electron chi connectivity index (χ3n) is 6.02. The molecule has 1 amide bonds. The number of rotatable bonds is 11. The topological polar surface area (TPSA) is 89.9 Å². The van der Waals surface area contributed by atoms with E-state index in [1.807, 2.05) is 43.4 Å². The fraction of sp³-hybridized carbons (Fsp3) is 0.480. The maximum absolute atomic E-state index is 12.7. The van der Waals surface area contributed by atoms with Gasteiger partial charge in [0.05, 0.1) is 18.8 Å². The number of aliphatic hydroxyl groups excluding tert-OH is 1. The molecule has 1 atom stereocenters. The standard InChI is InChI=1S/C25H35N3O4S/c1-27(16-13-22-7-3-4-8-24(22)28-17-14-23(29)19-28)25(30)18-21-11-9-20(10-12-21)6-5-15-26-33(2,31)32/h3-4,7-12,23,26,29H,5-6,13-19H2,1-2H3/t23-/m0/s1. The molecule has 0 radical (unpaired) electrons. The maximum Gasteiger partial charge on any atom is 0.226 e. The summed E-state index contributed by atoms with van der Waals surface area (Å²) in [5.41, 5.74) is 4.44. The van der Waals surface area contributed by atoms with Crippen molar-refractivity contribution in [2.24, 2.45) is 0 Å². The second kappa shape index (κ2) is 11.6. The predicted molar refractivity (Wildman–Crippen MR) is 132 cm³/mol. The van der Waals surface area contributed by atoms with Crippen molar-refractivity contribution in [3.8, 4) is 0 Å². The maximum atomic E-state index is 12.7. The monoisotopic (exact) mass is 473 g/mol. The molecule has 3 rings (SSSR count). The Kier molecular flexibility index (Phi) is 8.88. The van der Waals surface area contributed by atoms with E-state index in [9.17, 15) is 18.3 Å². The first-order valence-electron chi connectivity index (χ1n) is 11.5. The van der Waals surface area contributed by atoms with Crippen LogP contribution in [0.15, 0.2) is 48.5 Å². The lowest BCUT2D eigenvalue weighted by molar-refractivity contribution is -0.129. The molecule has 0 bridgehead atoms. The summed E-state index contributed by atoms with van der Waals surface area (Å²) in [7, 11) is -1.30. The third kappa shape index (κ3) is 8.14. The van der Waals surface area contributed by atoms with Gasteiger partial charge in [-0.25, -0.2) is 13.1 Å². The molecule has 33 heavy (non-hydrogen) atoms. The summed E-state index contributed by atoms with van der Waals surface area (Å²) in [6.07, 6.45) is 4.32. The number of sulfonamides is 1. The minimum Gasteiger partial charge on any atom is -0.391 e. The summed E-state index contributed by atoms with van der Waals surface area (Å²) in [5, 5.41) is 9.86. The van der Waals surface area contributed by atoms with Crippen molar-refractivity contribution in [1.82, 2.24) is 9.62 Å². The van der Waals surface area contributed by atoms with E-state index in [4.69, 9.17) is 0 Å². The lowest BCUT2D eigenvalue weighted by Gasteiger charge is -2.23. The fourth-order valence-corrected chi connectivity index (χ4v) is 4.60. The van der Waals surface area contributed by atoms with Gasteiger partial charge in [-0.1, -0.05) is 42.5 Å². The van der Waals surface area contributed by atoms with Gasteiger partial charge in [0.15, 0.2) is 0 Å². The second-order valence-electron chi connectivity index (χ2n) is 8.85. The normalized spacial score (nSPS) is 16.2. The Labute approximate surface area is 197 Å². The van der Waals surface area contributed by atoms with Gasteiger partial charge in [0.2, 0.25) is 15.9 Å². The van der Waals surface area contributed by atoms with Crippen molar-refractivity contribution in [3.63, 3.8) is 0 Å². The Morgan fingerprint density at radius 3 is 2.48 bits per heavy atom. The molecule has 2 aromatic carbocycles. The highest BCUT2D eigenvalue weighted by molar-refractivity contribution is 7.88. The van der Waals surface area contributed by atoms with Crippen molar-refractivity contribution in [1.29, 1.82) is 0 Å². The molecule has 1 fully saturated rings. The van der Waals surface area contributed by atoms with Crippen LogP contribution < -0.4 is 9.62 Å². The van der Waals surface area contributed by atoms with E-state index >= 15 is 0 Å². The zero-order valence-electron chi connectivity index (χ0n) is 19.5. The summed E-state index contributed by atoms with van der Waals surface area (Å²) in [6.45, 7) is 2.58. The number of carbonyl (C=O) groups excluding carboxylic acids is 1. The zero-order valence-corrected chi connectivity index (χ0v) is 20.4. The van der Waals surface area contributed by atoms with Gasteiger partial charge in [-0.2, -0.15) is 0 Å². The average Bonchev–Trinajstić information content (AvgIpc) is 3.21. The lowest BCUT2D eigenvalue weighted by Crippen LogP contribution is -2.30. The highest BCUT2D eigenvalue weighted by Gasteiger charge is 2.22. The number of anilines is 1. The molecule has 0 spiro atoms. The van der Waals surface area contributed by atoms with Crippen LogP contribution in [-0.4, -0.2) is 69.9 Å². The Hall–Kier alpha value is -2.42. The Morgan fingerprint density at radius 1 is 1.12 bits per heavy atom. The number of likely N-dealkylation sites (N-methyl/N-ethyl adjacent to an activating group) is 1. The Morgan fingerprint density at radius 2 is 1.82 bits per heavy atom. The molecule has 180 valence electrons. The predicted octanol–water partition coefficient (Wildman–Crippen LogP) is 1.98. The van der Waals surface area contributed by atoms with Crippen molar-refractivity contribution in [2.75, 3.05) is 44.4 Å². The number of nitrogens with zero attached hydrogens (tertiary/aromatic N) is 2. The molecule has 0 unspecified atom stereocenters. The summed E-state index contributed by atoms with van der Waals surface area (Å²) < 4.78 is 24.7. The van der Waals surface area contributed by atoms with Crippen LogP contribution in [0, 0.1) is 0 Å². The largest absolute Gasteiger partial charge is 0.391 e. The summed E-state index contributed by atoms with van der Waals surface area (Å²) in [6, 6.07) is 16.2. The van der Waals surface area contributed by atoms with Gasteiger partial charge < -0.3 is 14.9 Å². The van der Waals surface area contributed by atoms with Gasteiger partial charge in [0.25, 0.3) is 0 Å². The lowest BCUT2D eigenvalue weighted by atomic mass is 10.0. The number of hydrogen-bond acceptors (Lipinski definition) is 5. The first kappa shape index (κ1) is 25.2. The summed E-state index contributed by atoms with van der Waals surface area (Å²) >= 11 is 0. The molecule has 1 aliphatic rings. The Bertz CT molecular complexity index is 1020. The van der Waals surface area contributed by atoms with Crippen LogP contribution in [0.2, 0.25) is 0 Å². The number of carbonyl (C=O) groups is 1. The molecule has 2 aromatic rings. The number of β-amino-alcohol motifs (C(OH)–C–C–N with tert-alkyl or cyclic N) is 1. The van der Waals surface area contributed by atoms with Crippen molar-refractivity contribution in [2.45, 2.75) is 38.2 Å². The van der Waals surface area contributed by atoms with E-state index in [0.29, 0.717) is 26.1 Å². The van der Waals surface area contributed by atoms with Crippen LogP contribution in [0.25, 0.3) is 0 Å². The molecule has 1 heterocycles. The van der Waals surface area contributed by atoms with E-state index in [1.54, 1.807) is 4.90 Å². The van der Waals surface area contributed by atoms with E-state index < -0.39 is 10.0 Å². The van der Waals surface area contributed by atoms with Gasteiger partial charge in [-0.15, -0.1) is 0 Å². The highest BCUT2D eigenvalue weighted by Crippen LogP contribution is 2.25. The Balaban J connectivity index is 1.46. The third-order valence-corrected chi connectivity index (χ3v) is 6.75. The first-order chi connectivity index (χ1) is 15.7. The molecule has 1 saturated heterocycles. The molecular weight excluding hydrogens is 438 g/mol. The van der Waals surface area contributed by atoms with Gasteiger partial charge in [0.1, 0.15) is 0 Å². The number of para-hydroxylation sites is 1. The number of benzene rings is 2. The molecule has 7 nitrogen and oxygen atoms in total. The van der Waals surface area contributed by atoms with Gasteiger partial charge in [-0.3, -0.25) is 4.79 Å². The number of hydrogen-bond donors (Lipinski definition) is 2. The first-order valence-corrected chi connectivity index (χ1v) is 13.4. The molecular formula is C25H35N3O4S. The van der Waals surface area contributed by atoms with Crippen LogP contribution in [0.1, 0.15) is 29.5 Å². The number of amides is 1. The molecule has 0 aliphatic carbocycles. The van der Waals surface area contributed by atoms with Crippen LogP contribution in [-0.2, 0) is 34.1 Å². The molecule has 1 aliphatic heterocycles. The minimum atomic E-state index is -3.14. The summed E-state index contributed by atoms with van der Waals surface area (Å²) in [4.78, 5) is 16.7. The van der Waals surface area contributed by atoms with Crippen molar-refractivity contribution in [3.05, 3.63) is 65.2 Å². The number of aryl methyl sites for hydroxylation is 1. The van der Waals surface area contributed by atoms with Crippen LogP contribution in [0.3, 0.4) is 0 Å². The van der Waals surface area contributed by atoms with Gasteiger partial charge >= 0.3 is 0 Å². The van der Waals surface area contributed by atoms with E-state index in [2.05, 4.69) is 21.8 Å². The SMILES string of the molecule is CN(CCc1ccccc1N1CC[C@H](O)C1)C(=O)Cc1ccc(CCCNS(C)(=O)=O)cc1. The van der Waals surface area contributed by atoms with Crippen molar-refractivity contribution >= 4 is 21.6 Å². The zero-order chi connectivity index (χ0) is 23.8. The van der Waals surface area contributed by atoms with E-state index in [1.165, 1.54) is 5.56 Å². The van der Waals surface area contributed by atoms with Crippen LogP contribution >= 0.6 is 0 Å². The highest BCUT2D eigenvalue weighted by atomic mass is 32.2. The van der Waals surface area contributed by atoms with E-state index in [0.717, 1.165) is 55.3 Å². The molecule has 0 saturated carbocycles. The smallest absolute Gasteiger partial charge is 0.226 e.